The maximum Gasteiger partial charge on any atom is 0.246 e. The first kappa shape index (κ1) is 18.4. The standard InChI is InChI=1S/C16H23NO4S/c1-13(2)5-4-6-16(18)17(19)11-12-22(20,21)15-9-7-14(3)8-10-15/h5,7-10,19H,4,6,11-12H2,1-3H3. The van der Waals surface area contributed by atoms with E-state index in [0.717, 1.165) is 11.1 Å². The maximum absolute atomic E-state index is 12.1. The monoisotopic (exact) mass is 325 g/mol. The molecule has 1 rings (SSSR count). The molecule has 0 fully saturated rings. The summed E-state index contributed by atoms with van der Waals surface area (Å²) in [5, 5.41) is 10.1. The number of hydrogen-bond donors (Lipinski definition) is 1. The van der Waals surface area contributed by atoms with Crippen LogP contribution in [0.4, 0.5) is 0 Å². The number of benzene rings is 1. The zero-order chi connectivity index (χ0) is 16.8. The minimum atomic E-state index is -3.51. The highest BCUT2D eigenvalue weighted by Gasteiger charge is 2.18. The fraction of sp³-hybridized carbons (Fsp3) is 0.438. The second-order valence-corrected chi connectivity index (χ2v) is 7.58. The number of aryl methyl sites for hydroxylation is 1. The van der Waals surface area contributed by atoms with Crippen molar-refractivity contribution in [3.05, 3.63) is 41.5 Å². The average molecular weight is 325 g/mol. The van der Waals surface area contributed by atoms with Crippen molar-refractivity contribution in [2.45, 2.75) is 38.5 Å². The number of sulfone groups is 1. The third kappa shape index (κ3) is 5.99. The van der Waals surface area contributed by atoms with E-state index >= 15 is 0 Å². The molecule has 0 aliphatic rings. The summed E-state index contributed by atoms with van der Waals surface area (Å²) in [4.78, 5) is 11.9. The van der Waals surface area contributed by atoms with Crippen molar-refractivity contribution < 1.29 is 18.4 Å². The third-order valence-corrected chi connectivity index (χ3v) is 4.86. The number of hydrogen-bond acceptors (Lipinski definition) is 4. The van der Waals surface area contributed by atoms with Gasteiger partial charge in [0.2, 0.25) is 5.91 Å². The molecule has 1 aromatic carbocycles. The lowest BCUT2D eigenvalue weighted by Crippen LogP contribution is -2.32. The molecule has 0 heterocycles. The van der Waals surface area contributed by atoms with Crippen LogP contribution in [0.3, 0.4) is 0 Å². The van der Waals surface area contributed by atoms with Crippen molar-refractivity contribution in [3.63, 3.8) is 0 Å². The van der Waals surface area contributed by atoms with Crippen molar-refractivity contribution in [2.24, 2.45) is 0 Å². The van der Waals surface area contributed by atoms with Crippen LogP contribution >= 0.6 is 0 Å². The van der Waals surface area contributed by atoms with Gasteiger partial charge in [-0.05, 0) is 39.3 Å². The van der Waals surface area contributed by atoms with E-state index in [0.29, 0.717) is 11.5 Å². The Bertz CT molecular complexity index is 629. The lowest BCUT2D eigenvalue weighted by Gasteiger charge is -2.14. The molecule has 0 aromatic heterocycles. The Hall–Kier alpha value is -1.66. The minimum absolute atomic E-state index is 0.159. The van der Waals surface area contributed by atoms with Crippen LogP contribution in [-0.4, -0.2) is 36.9 Å². The van der Waals surface area contributed by atoms with Crippen LogP contribution in [0.2, 0.25) is 0 Å². The number of carbonyl (C=O) groups excluding carboxylic acids is 1. The van der Waals surface area contributed by atoms with Crippen LogP contribution in [-0.2, 0) is 14.6 Å². The van der Waals surface area contributed by atoms with Crippen LogP contribution < -0.4 is 0 Å². The summed E-state index contributed by atoms with van der Waals surface area (Å²) >= 11 is 0. The molecule has 22 heavy (non-hydrogen) atoms. The minimum Gasteiger partial charge on any atom is -0.286 e. The van der Waals surface area contributed by atoms with Gasteiger partial charge in [0.1, 0.15) is 0 Å². The van der Waals surface area contributed by atoms with Gasteiger partial charge in [0, 0.05) is 6.42 Å². The maximum atomic E-state index is 12.1. The highest BCUT2D eigenvalue weighted by Crippen LogP contribution is 2.12. The quantitative estimate of drug-likeness (QED) is 0.475. The van der Waals surface area contributed by atoms with Gasteiger partial charge in [0.25, 0.3) is 0 Å². The largest absolute Gasteiger partial charge is 0.286 e. The van der Waals surface area contributed by atoms with Gasteiger partial charge in [-0.25, -0.2) is 13.5 Å². The number of allylic oxidation sites excluding steroid dienone is 2. The second-order valence-electron chi connectivity index (χ2n) is 5.47. The molecule has 0 bridgehead atoms. The lowest BCUT2D eigenvalue weighted by atomic mass is 10.2. The van der Waals surface area contributed by atoms with Gasteiger partial charge in [-0.3, -0.25) is 10.0 Å². The molecule has 122 valence electrons. The Labute approximate surface area is 132 Å². The van der Waals surface area contributed by atoms with Crippen molar-refractivity contribution in [1.29, 1.82) is 0 Å². The molecule has 0 saturated carbocycles. The van der Waals surface area contributed by atoms with Crippen molar-refractivity contribution in [1.82, 2.24) is 5.06 Å². The Morgan fingerprint density at radius 3 is 2.36 bits per heavy atom. The number of amides is 1. The number of hydroxylamine groups is 2. The number of rotatable bonds is 7. The van der Waals surface area contributed by atoms with Crippen molar-refractivity contribution >= 4 is 15.7 Å². The topological polar surface area (TPSA) is 74.7 Å². The van der Waals surface area contributed by atoms with Crippen LogP contribution in [0, 0.1) is 6.92 Å². The molecule has 0 radical (unpaired) electrons. The number of carbonyl (C=O) groups is 1. The highest BCUT2D eigenvalue weighted by molar-refractivity contribution is 7.91. The normalized spacial score (nSPS) is 11.1. The van der Waals surface area contributed by atoms with Gasteiger partial charge in [0.05, 0.1) is 17.2 Å². The highest BCUT2D eigenvalue weighted by atomic mass is 32.2. The van der Waals surface area contributed by atoms with Crippen LogP contribution in [0.15, 0.2) is 40.8 Å². The molecule has 0 spiro atoms. The van der Waals surface area contributed by atoms with Gasteiger partial charge in [-0.1, -0.05) is 29.3 Å². The van der Waals surface area contributed by atoms with Crippen LogP contribution in [0.25, 0.3) is 0 Å². The molecule has 0 atom stereocenters. The van der Waals surface area contributed by atoms with E-state index in [1.807, 2.05) is 26.8 Å². The molecule has 0 saturated heterocycles. The molecule has 1 N–H and O–H groups in total. The summed E-state index contributed by atoms with van der Waals surface area (Å²) in [6, 6.07) is 6.49. The molecule has 1 aromatic rings. The van der Waals surface area contributed by atoms with E-state index in [2.05, 4.69) is 0 Å². The molecule has 0 aliphatic heterocycles. The summed E-state index contributed by atoms with van der Waals surface area (Å²) in [5.41, 5.74) is 2.07. The Kier molecular flexibility index (Phi) is 6.77. The van der Waals surface area contributed by atoms with Gasteiger partial charge < -0.3 is 0 Å². The van der Waals surface area contributed by atoms with Gasteiger partial charge in [-0.15, -0.1) is 0 Å². The molecule has 1 amide bonds. The Balaban J connectivity index is 2.55. The first-order valence-electron chi connectivity index (χ1n) is 7.14. The molecule has 0 unspecified atom stereocenters. The molecular formula is C16H23NO4S. The zero-order valence-corrected chi connectivity index (χ0v) is 14.1. The second kappa shape index (κ2) is 8.10. The van der Waals surface area contributed by atoms with E-state index < -0.39 is 15.7 Å². The Morgan fingerprint density at radius 1 is 1.23 bits per heavy atom. The fourth-order valence-corrected chi connectivity index (χ4v) is 3.01. The summed E-state index contributed by atoms with van der Waals surface area (Å²) in [5.74, 6) is -0.780. The molecule has 6 heteroatoms. The van der Waals surface area contributed by atoms with E-state index in [1.165, 1.54) is 12.1 Å². The first-order chi connectivity index (χ1) is 10.2. The first-order valence-corrected chi connectivity index (χ1v) is 8.79. The third-order valence-electron chi connectivity index (χ3n) is 3.15. The van der Waals surface area contributed by atoms with E-state index in [9.17, 15) is 18.4 Å². The summed E-state index contributed by atoms with van der Waals surface area (Å²) in [6.45, 7) is 5.49. The number of nitrogens with zero attached hydrogens (tertiary/aromatic N) is 1. The van der Waals surface area contributed by atoms with Crippen LogP contribution in [0.1, 0.15) is 32.3 Å². The SMILES string of the molecule is CC(C)=CCCC(=O)N(O)CCS(=O)(=O)c1ccc(C)cc1. The van der Waals surface area contributed by atoms with E-state index in [1.54, 1.807) is 12.1 Å². The van der Waals surface area contributed by atoms with E-state index in [4.69, 9.17) is 0 Å². The molecule has 0 aliphatic carbocycles. The van der Waals surface area contributed by atoms with Gasteiger partial charge >= 0.3 is 0 Å². The van der Waals surface area contributed by atoms with E-state index in [-0.39, 0.29) is 23.6 Å². The Morgan fingerprint density at radius 2 is 1.82 bits per heavy atom. The zero-order valence-electron chi connectivity index (χ0n) is 13.2. The average Bonchev–Trinajstić information content (AvgIpc) is 2.44. The predicted molar refractivity (Wildman–Crippen MR) is 85.4 cm³/mol. The summed E-state index contributed by atoms with van der Waals surface area (Å²) in [7, 11) is -3.51. The summed E-state index contributed by atoms with van der Waals surface area (Å²) < 4.78 is 24.2. The van der Waals surface area contributed by atoms with Gasteiger partial charge in [-0.2, -0.15) is 0 Å². The smallest absolute Gasteiger partial charge is 0.246 e. The van der Waals surface area contributed by atoms with Crippen molar-refractivity contribution in [2.75, 3.05) is 12.3 Å². The van der Waals surface area contributed by atoms with Crippen LogP contribution in [0.5, 0.6) is 0 Å². The fourth-order valence-electron chi connectivity index (χ4n) is 1.81. The van der Waals surface area contributed by atoms with Crippen molar-refractivity contribution in [3.8, 4) is 0 Å². The lowest BCUT2D eigenvalue weighted by molar-refractivity contribution is -0.163. The van der Waals surface area contributed by atoms with Gasteiger partial charge in [0.15, 0.2) is 9.84 Å². The molecular weight excluding hydrogens is 302 g/mol. The predicted octanol–water partition coefficient (Wildman–Crippen LogP) is 2.73. The molecule has 5 nitrogen and oxygen atoms in total. The summed E-state index contributed by atoms with van der Waals surface area (Å²) in [6.07, 6.45) is 2.59.